The van der Waals surface area contributed by atoms with Gasteiger partial charge in [0.2, 0.25) is 0 Å². The van der Waals surface area contributed by atoms with E-state index in [-0.39, 0.29) is 23.6 Å². The maximum atomic E-state index is 12.7. The summed E-state index contributed by atoms with van der Waals surface area (Å²) in [4.78, 5) is 53.5. The largest absolute Gasteiger partial charge is 0.312 e. The van der Waals surface area contributed by atoms with Crippen molar-refractivity contribution in [2.24, 2.45) is 0 Å². The topological polar surface area (TPSA) is 122 Å². The molecule has 2 heterocycles. The van der Waals surface area contributed by atoms with Crippen molar-refractivity contribution in [2.75, 3.05) is 13.1 Å². The van der Waals surface area contributed by atoms with Gasteiger partial charge in [0.05, 0.1) is 0 Å². The molecule has 2 saturated heterocycles. The first kappa shape index (κ1) is 32.3. The lowest BCUT2D eigenvalue weighted by atomic mass is 9.88. The first-order valence-corrected chi connectivity index (χ1v) is 14.1. The lowest BCUT2D eigenvalue weighted by molar-refractivity contribution is -0.242. The van der Waals surface area contributed by atoms with Crippen molar-refractivity contribution in [1.29, 1.82) is 0 Å². The molecule has 0 aliphatic carbocycles. The van der Waals surface area contributed by atoms with Crippen LogP contribution in [0.15, 0.2) is 0 Å². The second-order valence-corrected chi connectivity index (χ2v) is 12.9. The second-order valence-electron chi connectivity index (χ2n) is 12.9. The van der Waals surface area contributed by atoms with Crippen molar-refractivity contribution in [3.05, 3.63) is 0 Å². The number of piperazine rings is 2. The summed E-state index contributed by atoms with van der Waals surface area (Å²) in [6.45, 7) is 13.8. The molecule has 0 spiro atoms. The van der Waals surface area contributed by atoms with E-state index in [2.05, 4.69) is 0 Å². The number of carbonyl (C=O) groups is 4. The Morgan fingerprint density at radius 3 is 0.816 bits per heavy atom. The van der Waals surface area contributed by atoms with Gasteiger partial charge in [-0.3, -0.25) is 29.0 Å². The van der Waals surface area contributed by atoms with E-state index in [1.807, 2.05) is 0 Å². The van der Waals surface area contributed by atoms with Crippen LogP contribution in [0.2, 0.25) is 0 Å². The standard InChI is InChI=1S/C28H50N4O6/c1-25(2)21(33)29(22(34)26(3,4)31(25)37)19-17-15-13-11-9-10-12-14-16-18-20-30-23(35)27(5,6)32(38)28(7,8)24(30)36/h37-38H,9-20H2,1-8H3. The molecule has 0 atom stereocenters. The van der Waals surface area contributed by atoms with E-state index in [1.54, 1.807) is 55.4 Å². The van der Waals surface area contributed by atoms with E-state index in [0.717, 1.165) is 74.3 Å². The van der Waals surface area contributed by atoms with Crippen LogP contribution in [0.3, 0.4) is 0 Å². The van der Waals surface area contributed by atoms with Crippen LogP contribution in [0.5, 0.6) is 0 Å². The summed E-state index contributed by atoms with van der Waals surface area (Å²) in [5, 5.41) is 22.4. The Hall–Kier alpha value is -1.88. The summed E-state index contributed by atoms with van der Waals surface area (Å²) in [6, 6.07) is 0. The minimum absolute atomic E-state index is 0.360. The van der Waals surface area contributed by atoms with Crippen LogP contribution in [0.1, 0.15) is 120 Å². The van der Waals surface area contributed by atoms with E-state index in [9.17, 15) is 29.6 Å². The van der Waals surface area contributed by atoms with Gasteiger partial charge in [-0.05, 0) is 68.2 Å². The molecule has 2 rings (SSSR count). The molecule has 10 heteroatoms. The zero-order valence-electron chi connectivity index (χ0n) is 24.8. The van der Waals surface area contributed by atoms with Gasteiger partial charge in [-0.15, -0.1) is 0 Å². The fourth-order valence-electron chi connectivity index (χ4n) is 5.63. The Morgan fingerprint density at radius 2 is 0.605 bits per heavy atom. The van der Waals surface area contributed by atoms with Gasteiger partial charge < -0.3 is 10.4 Å². The van der Waals surface area contributed by atoms with Crippen molar-refractivity contribution in [3.63, 3.8) is 0 Å². The van der Waals surface area contributed by atoms with Crippen molar-refractivity contribution in [2.45, 2.75) is 142 Å². The highest BCUT2D eigenvalue weighted by molar-refractivity contribution is 6.06. The quantitative estimate of drug-likeness (QED) is 0.265. The fourth-order valence-corrected chi connectivity index (χ4v) is 5.63. The van der Waals surface area contributed by atoms with Gasteiger partial charge >= 0.3 is 0 Å². The minimum atomic E-state index is -1.13. The maximum absolute atomic E-state index is 12.7. The third kappa shape index (κ3) is 6.29. The third-order valence-electron chi connectivity index (χ3n) is 8.21. The summed E-state index contributed by atoms with van der Waals surface area (Å²) >= 11 is 0. The normalized spacial score (nSPS) is 23.4. The molecule has 0 saturated carbocycles. The average molecular weight is 539 g/mol. The molecule has 2 aliphatic heterocycles. The summed E-state index contributed by atoms with van der Waals surface area (Å²) in [5.41, 5.74) is -4.54. The monoisotopic (exact) mass is 538 g/mol. The van der Waals surface area contributed by atoms with Gasteiger partial charge in [0.1, 0.15) is 22.2 Å². The Labute approximate surface area is 228 Å². The zero-order valence-corrected chi connectivity index (χ0v) is 24.8. The first-order valence-electron chi connectivity index (χ1n) is 14.1. The van der Waals surface area contributed by atoms with Gasteiger partial charge in [-0.25, -0.2) is 0 Å². The maximum Gasteiger partial charge on any atom is 0.251 e. The van der Waals surface area contributed by atoms with E-state index >= 15 is 0 Å². The van der Waals surface area contributed by atoms with Gasteiger partial charge in [-0.1, -0.05) is 51.4 Å². The number of rotatable bonds is 13. The number of nitrogens with zero attached hydrogens (tertiary/aromatic N) is 4. The molecule has 2 aliphatic rings. The third-order valence-corrected chi connectivity index (χ3v) is 8.21. The van der Waals surface area contributed by atoms with E-state index < -0.39 is 22.2 Å². The lowest BCUT2D eigenvalue weighted by Gasteiger charge is -2.49. The molecule has 0 unspecified atom stereocenters. The molecule has 38 heavy (non-hydrogen) atoms. The number of unbranched alkanes of at least 4 members (excludes halogenated alkanes) is 9. The van der Waals surface area contributed by atoms with Gasteiger partial charge in [0.25, 0.3) is 23.6 Å². The smallest absolute Gasteiger partial charge is 0.251 e. The molecule has 0 radical (unpaired) electrons. The first-order chi connectivity index (χ1) is 17.4. The number of amides is 4. The van der Waals surface area contributed by atoms with E-state index in [1.165, 1.54) is 9.80 Å². The van der Waals surface area contributed by atoms with Crippen molar-refractivity contribution in [3.8, 4) is 0 Å². The van der Waals surface area contributed by atoms with Crippen LogP contribution >= 0.6 is 0 Å². The molecule has 0 aromatic rings. The number of hydrogen-bond donors (Lipinski definition) is 2. The van der Waals surface area contributed by atoms with Crippen LogP contribution < -0.4 is 0 Å². The summed E-state index contributed by atoms with van der Waals surface area (Å²) in [5.74, 6) is -1.44. The number of hydrogen-bond acceptors (Lipinski definition) is 8. The molecular formula is C28H50N4O6. The van der Waals surface area contributed by atoms with Crippen molar-refractivity contribution in [1.82, 2.24) is 19.9 Å². The highest BCUT2D eigenvalue weighted by atomic mass is 16.5. The van der Waals surface area contributed by atoms with Crippen molar-refractivity contribution >= 4 is 23.6 Å². The molecule has 2 N–H and O–H groups in total. The molecule has 4 amide bonds. The SMILES string of the molecule is CC1(C)C(=O)N(CCCCCCCCCCCCN2C(=O)C(C)(C)N(O)C(C)(C)C2=O)C(=O)C(C)(C)N1O. The van der Waals surface area contributed by atoms with Crippen LogP contribution in [0, 0.1) is 0 Å². The predicted molar refractivity (Wildman–Crippen MR) is 143 cm³/mol. The second kappa shape index (κ2) is 12.1. The molecule has 0 bridgehead atoms. The summed E-state index contributed by atoms with van der Waals surface area (Å²) in [6.07, 6.45) is 9.92. The molecular weight excluding hydrogens is 488 g/mol. The predicted octanol–water partition coefficient (Wildman–Crippen LogP) is 4.12. The minimum Gasteiger partial charge on any atom is -0.312 e. The van der Waals surface area contributed by atoms with Crippen LogP contribution in [0.4, 0.5) is 0 Å². The van der Waals surface area contributed by atoms with Crippen molar-refractivity contribution < 1.29 is 29.6 Å². The van der Waals surface area contributed by atoms with Gasteiger partial charge in [-0.2, -0.15) is 10.1 Å². The highest BCUT2D eigenvalue weighted by Gasteiger charge is 2.56. The average Bonchev–Trinajstić information content (AvgIpc) is 2.85. The van der Waals surface area contributed by atoms with Crippen LogP contribution in [-0.4, -0.2) is 89.2 Å². The number of hydroxylamine groups is 4. The zero-order chi connectivity index (χ0) is 29.1. The number of carbonyl (C=O) groups excluding carboxylic acids is 4. The van der Waals surface area contributed by atoms with E-state index in [4.69, 9.17) is 0 Å². The number of imide groups is 2. The Morgan fingerprint density at radius 1 is 0.421 bits per heavy atom. The Kier molecular flexibility index (Phi) is 10.3. The van der Waals surface area contributed by atoms with Gasteiger partial charge in [0, 0.05) is 13.1 Å². The molecule has 10 nitrogen and oxygen atoms in total. The Bertz CT molecular complexity index is 770. The fraction of sp³-hybridized carbons (Fsp3) is 0.857. The summed E-state index contributed by atoms with van der Waals surface area (Å²) < 4.78 is 0. The lowest BCUT2D eigenvalue weighted by Crippen LogP contribution is -2.72. The molecule has 0 aromatic carbocycles. The summed E-state index contributed by atoms with van der Waals surface area (Å²) in [7, 11) is 0. The van der Waals surface area contributed by atoms with Crippen LogP contribution in [0.25, 0.3) is 0 Å². The van der Waals surface area contributed by atoms with E-state index in [0.29, 0.717) is 13.1 Å². The molecule has 2 fully saturated rings. The van der Waals surface area contributed by atoms with Crippen LogP contribution in [-0.2, 0) is 19.2 Å². The Balaban J connectivity index is 1.58. The molecule has 218 valence electrons. The molecule has 0 aromatic heterocycles. The highest BCUT2D eigenvalue weighted by Crippen LogP contribution is 2.33. The van der Waals surface area contributed by atoms with Gasteiger partial charge in [0.15, 0.2) is 0 Å².